The zero-order valence-corrected chi connectivity index (χ0v) is 20.7. The molecule has 4 rings (SSSR count). The normalized spacial score (nSPS) is 15.9. The highest BCUT2D eigenvalue weighted by molar-refractivity contribution is 7.92. The highest BCUT2D eigenvalue weighted by atomic mass is 35.5. The van der Waals surface area contributed by atoms with Crippen LogP contribution in [0.5, 0.6) is 0 Å². The average molecular weight is 506 g/mol. The number of fused-ring (bicyclic) bond motifs is 1. The smallest absolute Gasteiger partial charge is 0.253 e. The quantitative estimate of drug-likeness (QED) is 0.479. The maximum atomic E-state index is 12.6. The van der Waals surface area contributed by atoms with E-state index >= 15 is 0 Å². The Hall–Kier alpha value is -2.69. The minimum absolute atomic E-state index is 0.232. The number of sulfonamides is 1. The van der Waals surface area contributed by atoms with Crippen LogP contribution in [0.25, 0.3) is 10.9 Å². The van der Waals surface area contributed by atoms with Crippen molar-refractivity contribution in [2.24, 2.45) is 5.92 Å². The van der Waals surface area contributed by atoms with E-state index in [1.165, 1.54) is 16.8 Å². The Morgan fingerprint density at radius 3 is 2.76 bits per heavy atom. The molecular weight excluding hydrogens is 478 g/mol. The summed E-state index contributed by atoms with van der Waals surface area (Å²) in [5, 5.41) is 4.50. The Bertz CT molecular complexity index is 1320. The van der Waals surface area contributed by atoms with Gasteiger partial charge in [-0.1, -0.05) is 11.6 Å². The zero-order valence-electron chi connectivity index (χ0n) is 19.1. The van der Waals surface area contributed by atoms with Crippen LogP contribution in [0.1, 0.15) is 37.8 Å². The molecule has 182 valence electrons. The number of halogens is 1. The van der Waals surface area contributed by atoms with E-state index in [0.717, 1.165) is 24.6 Å². The van der Waals surface area contributed by atoms with Gasteiger partial charge in [0.2, 0.25) is 16.0 Å². The number of anilines is 2. The second-order valence-electron chi connectivity index (χ2n) is 8.57. The van der Waals surface area contributed by atoms with Crippen LogP contribution in [-0.4, -0.2) is 49.4 Å². The van der Waals surface area contributed by atoms with E-state index < -0.39 is 16.1 Å². The maximum absolute atomic E-state index is 12.6. The Labute approximate surface area is 203 Å². The van der Waals surface area contributed by atoms with Gasteiger partial charge in [-0.3, -0.25) is 9.10 Å². The second kappa shape index (κ2) is 10.3. The van der Waals surface area contributed by atoms with Gasteiger partial charge in [-0.2, -0.15) is 4.98 Å². The number of hydrogen-bond donors (Lipinski definition) is 2. The van der Waals surface area contributed by atoms with Crippen molar-refractivity contribution in [3.05, 3.63) is 57.5 Å². The lowest BCUT2D eigenvalue weighted by molar-refractivity contribution is 0.0647. The van der Waals surface area contributed by atoms with Crippen molar-refractivity contribution in [1.82, 2.24) is 15.0 Å². The van der Waals surface area contributed by atoms with E-state index in [9.17, 15) is 13.2 Å². The number of nitrogens with one attached hydrogen (secondary N) is 2. The summed E-state index contributed by atoms with van der Waals surface area (Å²) in [7, 11) is -3.53. The van der Waals surface area contributed by atoms with Gasteiger partial charge in [-0.15, -0.1) is 0 Å². The van der Waals surface area contributed by atoms with Crippen LogP contribution in [0, 0.1) is 5.92 Å². The average Bonchev–Trinajstić information content (AvgIpc) is 2.79. The molecule has 34 heavy (non-hydrogen) atoms. The van der Waals surface area contributed by atoms with Gasteiger partial charge in [0, 0.05) is 53.5 Å². The lowest BCUT2D eigenvalue weighted by atomic mass is 9.97. The number of hydrogen-bond acceptors (Lipinski definition) is 7. The third-order valence-corrected chi connectivity index (χ3v) is 7.43. The molecule has 2 N–H and O–H groups in total. The summed E-state index contributed by atoms with van der Waals surface area (Å²) in [5.41, 5.74) is 0.945. The molecule has 3 heterocycles. The zero-order chi connectivity index (χ0) is 24.3. The number of aromatic amines is 1. The second-order valence-corrected chi connectivity index (χ2v) is 10.9. The van der Waals surface area contributed by atoms with Crippen molar-refractivity contribution in [2.45, 2.75) is 32.2 Å². The van der Waals surface area contributed by atoms with Crippen molar-refractivity contribution in [3.63, 3.8) is 0 Å². The Morgan fingerprint density at radius 1 is 1.26 bits per heavy atom. The molecule has 1 unspecified atom stereocenters. The van der Waals surface area contributed by atoms with Gasteiger partial charge in [-0.05, 0) is 56.4 Å². The van der Waals surface area contributed by atoms with E-state index in [2.05, 4.69) is 20.3 Å². The molecule has 1 saturated heterocycles. The highest BCUT2D eigenvalue weighted by Gasteiger charge is 2.23. The molecule has 0 amide bonds. The van der Waals surface area contributed by atoms with E-state index in [-0.39, 0.29) is 11.5 Å². The van der Waals surface area contributed by atoms with E-state index in [0.29, 0.717) is 47.6 Å². The van der Waals surface area contributed by atoms with Crippen LogP contribution < -0.4 is 15.2 Å². The fraction of sp³-hybridized carbons (Fsp3) is 0.435. The van der Waals surface area contributed by atoms with Crippen molar-refractivity contribution >= 4 is 44.3 Å². The number of benzene rings is 1. The van der Waals surface area contributed by atoms with Crippen LogP contribution in [0.15, 0.2) is 41.3 Å². The molecular formula is C23H28ClN5O4S. The monoisotopic (exact) mass is 505 g/mol. The first-order valence-corrected chi connectivity index (χ1v) is 13.4. The number of aromatic nitrogens is 3. The third-order valence-electron chi connectivity index (χ3n) is 6.03. The lowest BCUT2D eigenvalue weighted by Gasteiger charge is -2.26. The van der Waals surface area contributed by atoms with Crippen LogP contribution in [0.4, 0.5) is 11.8 Å². The predicted molar refractivity (Wildman–Crippen MR) is 134 cm³/mol. The van der Waals surface area contributed by atoms with Crippen molar-refractivity contribution < 1.29 is 13.2 Å². The molecule has 1 aliphatic heterocycles. The summed E-state index contributed by atoms with van der Waals surface area (Å²) in [4.78, 5) is 24.2. The van der Waals surface area contributed by atoms with Crippen LogP contribution in [0.2, 0.25) is 5.02 Å². The summed E-state index contributed by atoms with van der Waals surface area (Å²) in [5.74, 6) is 0.944. The molecule has 9 nitrogen and oxygen atoms in total. The largest absolute Gasteiger partial charge is 0.381 e. The van der Waals surface area contributed by atoms with E-state index in [1.54, 1.807) is 30.3 Å². The van der Waals surface area contributed by atoms with Crippen LogP contribution in [0.3, 0.4) is 0 Å². The van der Waals surface area contributed by atoms with Crippen LogP contribution >= 0.6 is 11.6 Å². The number of rotatable bonds is 8. The molecule has 0 bridgehead atoms. The summed E-state index contributed by atoms with van der Waals surface area (Å²) < 4.78 is 31.7. The van der Waals surface area contributed by atoms with Crippen molar-refractivity contribution in [2.75, 3.05) is 35.6 Å². The fourth-order valence-corrected chi connectivity index (χ4v) is 5.19. The van der Waals surface area contributed by atoms with Gasteiger partial charge < -0.3 is 15.0 Å². The lowest BCUT2D eigenvalue weighted by Crippen LogP contribution is -2.33. The van der Waals surface area contributed by atoms with Gasteiger partial charge in [0.25, 0.3) is 5.56 Å². The minimum atomic E-state index is -3.53. The molecule has 0 radical (unpaired) electrons. The molecule has 2 aromatic heterocycles. The standard InChI is InChI=1S/C23H28ClN5O4S/c1-15(19-14-17-13-18(24)3-4-20(17)27-22(19)30)26-23-25-9-5-21(28-23)29(34(2,31)32)10-6-16-7-11-33-12-8-16/h3-5,9,13-16H,6-8,10-12H2,1-2H3,(H,27,30)(H,25,26,28). The number of ether oxygens (including phenoxy) is 1. The molecule has 1 fully saturated rings. The van der Waals surface area contributed by atoms with E-state index in [1.807, 2.05) is 6.92 Å². The van der Waals surface area contributed by atoms with Gasteiger partial charge >= 0.3 is 0 Å². The van der Waals surface area contributed by atoms with Crippen LogP contribution in [-0.2, 0) is 14.8 Å². The fourth-order valence-electron chi connectivity index (χ4n) is 4.13. The van der Waals surface area contributed by atoms with Gasteiger partial charge in [0.15, 0.2) is 0 Å². The Balaban J connectivity index is 1.54. The molecule has 3 aromatic rings. The Morgan fingerprint density at radius 2 is 2.03 bits per heavy atom. The first-order valence-electron chi connectivity index (χ1n) is 11.2. The Kier molecular flexibility index (Phi) is 7.39. The molecule has 11 heteroatoms. The summed E-state index contributed by atoms with van der Waals surface area (Å²) in [6.07, 6.45) is 5.27. The maximum Gasteiger partial charge on any atom is 0.253 e. The number of nitrogens with zero attached hydrogens (tertiary/aromatic N) is 3. The summed E-state index contributed by atoms with van der Waals surface area (Å²) in [6.45, 7) is 3.57. The molecule has 0 spiro atoms. The highest BCUT2D eigenvalue weighted by Crippen LogP contribution is 2.24. The van der Waals surface area contributed by atoms with Gasteiger partial charge in [0.1, 0.15) is 5.82 Å². The predicted octanol–water partition coefficient (Wildman–Crippen LogP) is 3.73. The first-order chi connectivity index (χ1) is 16.2. The van der Waals surface area contributed by atoms with Gasteiger partial charge in [0.05, 0.1) is 12.3 Å². The molecule has 1 aromatic carbocycles. The molecule has 1 aliphatic rings. The SMILES string of the molecule is CC(Nc1nccc(N(CCC2CCOCC2)S(C)(=O)=O)n1)c1cc2cc(Cl)ccc2[nH]c1=O. The minimum Gasteiger partial charge on any atom is -0.381 e. The molecule has 0 aliphatic carbocycles. The topological polar surface area (TPSA) is 117 Å². The first kappa shape index (κ1) is 24.4. The summed E-state index contributed by atoms with van der Waals surface area (Å²) in [6, 6.07) is 8.17. The van der Waals surface area contributed by atoms with Crippen molar-refractivity contribution in [3.8, 4) is 0 Å². The number of pyridine rings is 1. The summed E-state index contributed by atoms with van der Waals surface area (Å²) >= 11 is 6.09. The molecule has 0 saturated carbocycles. The number of H-pyrrole nitrogens is 1. The van der Waals surface area contributed by atoms with Gasteiger partial charge in [-0.25, -0.2) is 13.4 Å². The van der Waals surface area contributed by atoms with Crippen molar-refractivity contribution in [1.29, 1.82) is 0 Å². The molecule has 1 atom stereocenters. The van der Waals surface area contributed by atoms with E-state index in [4.69, 9.17) is 16.3 Å². The third kappa shape index (κ3) is 5.86.